The minimum Gasteiger partial charge on any atom is -0.480 e. The number of benzene rings is 3. The number of carboxylic acid groups (broad SMARTS) is 1. The van der Waals surface area contributed by atoms with E-state index >= 15 is 0 Å². The van der Waals surface area contributed by atoms with Crippen molar-refractivity contribution in [1.82, 2.24) is 0 Å². The number of rotatable bonds is 8. The third kappa shape index (κ3) is 5.05. The first-order valence-electron chi connectivity index (χ1n) is 10.5. The van der Waals surface area contributed by atoms with E-state index in [0.717, 1.165) is 40.7 Å². The molecule has 0 bridgehead atoms. The number of aryl methyl sites for hydroxylation is 2. The average Bonchev–Trinajstić information content (AvgIpc) is 2.79. The molecular formula is C27H29NO2. The van der Waals surface area contributed by atoms with E-state index in [1.165, 1.54) is 11.1 Å². The van der Waals surface area contributed by atoms with E-state index in [-0.39, 0.29) is 6.42 Å². The summed E-state index contributed by atoms with van der Waals surface area (Å²) in [5.74, 6) is -0.987. The highest BCUT2D eigenvalue weighted by Gasteiger charge is 2.13. The Morgan fingerprint density at radius 2 is 1.53 bits per heavy atom. The van der Waals surface area contributed by atoms with E-state index in [2.05, 4.69) is 62.4 Å². The fourth-order valence-electron chi connectivity index (χ4n) is 3.71. The van der Waals surface area contributed by atoms with E-state index < -0.39 is 12.0 Å². The maximum absolute atomic E-state index is 11.3. The second kappa shape index (κ2) is 10.0. The highest BCUT2D eigenvalue weighted by molar-refractivity contribution is 5.83. The molecule has 3 aromatic rings. The Balaban J connectivity index is 2.09. The largest absolute Gasteiger partial charge is 0.480 e. The highest BCUT2D eigenvalue weighted by atomic mass is 16.4. The van der Waals surface area contributed by atoms with Crippen LogP contribution >= 0.6 is 0 Å². The summed E-state index contributed by atoms with van der Waals surface area (Å²) in [7, 11) is 0. The predicted octanol–water partition coefficient (Wildman–Crippen LogP) is 5.71. The van der Waals surface area contributed by atoms with Crippen molar-refractivity contribution >= 4 is 11.5 Å². The summed E-state index contributed by atoms with van der Waals surface area (Å²) in [5.41, 5.74) is 13.9. The van der Waals surface area contributed by atoms with Crippen LogP contribution in [0.3, 0.4) is 0 Å². The van der Waals surface area contributed by atoms with Crippen LogP contribution in [0.2, 0.25) is 0 Å². The summed E-state index contributed by atoms with van der Waals surface area (Å²) in [6.45, 7) is 4.33. The van der Waals surface area contributed by atoms with Crippen molar-refractivity contribution in [3.63, 3.8) is 0 Å². The molecule has 154 valence electrons. The van der Waals surface area contributed by atoms with Gasteiger partial charge in [-0.15, -0.1) is 0 Å². The molecule has 30 heavy (non-hydrogen) atoms. The summed E-state index contributed by atoms with van der Waals surface area (Å²) in [5, 5.41) is 9.23. The molecule has 0 heterocycles. The molecule has 3 nitrogen and oxygen atoms in total. The maximum atomic E-state index is 11.3. The van der Waals surface area contributed by atoms with Crippen LogP contribution in [0.1, 0.15) is 42.5 Å². The fourth-order valence-corrected chi connectivity index (χ4v) is 3.71. The smallest absolute Gasteiger partial charge is 0.320 e. The van der Waals surface area contributed by atoms with Crippen LogP contribution in [-0.2, 0) is 17.6 Å². The van der Waals surface area contributed by atoms with Gasteiger partial charge in [0.1, 0.15) is 6.04 Å². The average molecular weight is 400 g/mol. The van der Waals surface area contributed by atoms with Gasteiger partial charge in [0.05, 0.1) is 0 Å². The van der Waals surface area contributed by atoms with Crippen molar-refractivity contribution in [2.75, 3.05) is 0 Å². The molecule has 0 radical (unpaired) electrons. The summed E-state index contributed by atoms with van der Waals surface area (Å²) >= 11 is 0. The van der Waals surface area contributed by atoms with Gasteiger partial charge >= 0.3 is 5.97 Å². The summed E-state index contributed by atoms with van der Waals surface area (Å²) in [4.78, 5) is 11.3. The molecule has 0 saturated heterocycles. The van der Waals surface area contributed by atoms with Gasteiger partial charge in [-0.1, -0.05) is 86.7 Å². The number of carbonyl (C=O) groups is 1. The molecule has 3 heteroatoms. The zero-order valence-corrected chi connectivity index (χ0v) is 17.6. The summed E-state index contributed by atoms with van der Waals surface area (Å²) in [6.07, 6.45) is 4.19. The van der Waals surface area contributed by atoms with E-state index in [1.807, 2.05) is 30.3 Å². The van der Waals surface area contributed by atoms with Crippen molar-refractivity contribution in [3.05, 3.63) is 101 Å². The van der Waals surface area contributed by atoms with Crippen molar-refractivity contribution in [2.45, 2.75) is 39.2 Å². The first-order valence-corrected chi connectivity index (χ1v) is 10.5. The van der Waals surface area contributed by atoms with Gasteiger partial charge in [0.15, 0.2) is 0 Å². The topological polar surface area (TPSA) is 63.3 Å². The van der Waals surface area contributed by atoms with Gasteiger partial charge in [-0.3, -0.25) is 4.79 Å². The van der Waals surface area contributed by atoms with Crippen molar-refractivity contribution < 1.29 is 9.90 Å². The molecule has 0 aliphatic heterocycles. The van der Waals surface area contributed by atoms with Crippen molar-refractivity contribution in [1.29, 1.82) is 0 Å². The van der Waals surface area contributed by atoms with Crippen LogP contribution in [-0.4, -0.2) is 17.1 Å². The summed E-state index contributed by atoms with van der Waals surface area (Å²) < 4.78 is 0. The number of nitrogens with two attached hydrogens (primary N) is 1. The molecule has 0 amide bonds. The fraction of sp³-hybridized carbons (Fsp3) is 0.222. The minimum absolute atomic E-state index is 0.275. The van der Waals surface area contributed by atoms with E-state index in [9.17, 15) is 9.90 Å². The molecule has 0 saturated carbocycles. The van der Waals surface area contributed by atoms with Crippen LogP contribution < -0.4 is 5.73 Å². The zero-order valence-electron chi connectivity index (χ0n) is 17.6. The molecule has 0 spiro atoms. The Labute approximate surface area is 178 Å². The molecule has 3 aromatic carbocycles. The molecule has 1 unspecified atom stereocenters. The van der Waals surface area contributed by atoms with E-state index in [1.54, 1.807) is 0 Å². The van der Waals surface area contributed by atoms with Gasteiger partial charge in [-0.05, 0) is 64.3 Å². The Kier molecular flexibility index (Phi) is 7.21. The first kappa shape index (κ1) is 21.5. The van der Waals surface area contributed by atoms with Crippen LogP contribution in [0.25, 0.3) is 16.7 Å². The number of carboxylic acids is 1. The molecule has 1 atom stereocenters. The Hall–Kier alpha value is -3.17. The van der Waals surface area contributed by atoms with Gasteiger partial charge in [0.25, 0.3) is 0 Å². The molecule has 0 aliphatic rings. The van der Waals surface area contributed by atoms with Gasteiger partial charge in [0, 0.05) is 0 Å². The molecule has 3 N–H and O–H groups in total. The van der Waals surface area contributed by atoms with E-state index in [4.69, 9.17) is 5.73 Å². The standard InChI is InChI=1S/C27H29NO2/c1-3-19-13-14-24(17-20(19)4-2)25(15-16-26(28)27(29)30)23-12-8-11-22(18-23)21-9-6-5-7-10-21/h5-15,17-18,26H,3-4,16,28H2,1-2H3,(H,29,30). The molecule has 0 fully saturated rings. The monoisotopic (exact) mass is 399 g/mol. The Bertz CT molecular complexity index is 1040. The zero-order chi connectivity index (χ0) is 21.5. The van der Waals surface area contributed by atoms with E-state index in [0.29, 0.717) is 0 Å². The molecule has 0 aliphatic carbocycles. The lowest BCUT2D eigenvalue weighted by Crippen LogP contribution is -2.29. The third-order valence-corrected chi connectivity index (χ3v) is 5.45. The first-order chi connectivity index (χ1) is 14.5. The molecule has 0 aromatic heterocycles. The lowest BCUT2D eigenvalue weighted by atomic mass is 9.90. The van der Waals surface area contributed by atoms with Gasteiger partial charge < -0.3 is 10.8 Å². The highest BCUT2D eigenvalue weighted by Crippen LogP contribution is 2.30. The second-order valence-electron chi connectivity index (χ2n) is 7.44. The van der Waals surface area contributed by atoms with Crippen LogP contribution in [0, 0.1) is 0 Å². The molecular weight excluding hydrogens is 370 g/mol. The SMILES string of the molecule is CCc1ccc(C(=CCC(N)C(=O)O)c2cccc(-c3ccccc3)c2)cc1CC. The van der Waals surface area contributed by atoms with Crippen LogP contribution in [0.4, 0.5) is 0 Å². The van der Waals surface area contributed by atoms with Crippen molar-refractivity contribution in [3.8, 4) is 11.1 Å². The van der Waals surface area contributed by atoms with Crippen LogP contribution in [0.5, 0.6) is 0 Å². The third-order valence-electron chi connectivity index (χ3n) is 5.45. The number of aliphatic carboxylic acids is 1. The van der Waals surface area contributed by atoms with Gasteiger partial charge in [0.2, 0.25) is 0 Å². The minimum atomic E-state index is -0.987. The predicted molar refractivity (Wildman–Crippen MR) is 124 cm³/mol. The Morgan fingerprint density at radius 1 is 0.867 bits per heavy atom. The van der Waals surface area contributed by atoms with Gasteiger partial charge in [-0.25, -0.2) is 0 Å². The van der Waals surface area contributed by atoms with Crippen molar-refractivity contribution in [2.24, 2.45) is 5.73 Å². The quantitative estimate of drug-likeness (QED) is 0.510. The summed E-state index contributed by atoms with van der Waals surface area (Å²) in [6, 6.07) is 24.2. The number of hydrogen-bond acceptors (Lipinski definition) is 2. The normalized spacial score (nSPS) is 12.6. The Morgan fingerprint density at radius 3 is 2.20 bits per heavy atom. The maximum Gasteiger partial charge on any atom is 0.320 e. The number of hydrogen-bond donors (Lipinski definition) is 2. The van der Waals surface area contributed by atoms with Gasteiger partial charge in [-0.2, -0.15) is 0 Å². The molecule has 3 rings (SSSR count). The lowest BCUT2D eigenvalue weighted by Gasteiger charge is -2.15. The van der Waals surface area contributed by atoms with Crippen LogP contribution in [0.15, 0.2) is 78.9 Å². The lowest BCUT2D eigenvalue weighted by molar-refractivity contribution is -0.138. The second-order valence-corrected chi connectivity index (χ2v) is 7.44.